The number of hydrogen-bond acceptors (Lipinski definition) is 6. The van der Waals surface area contributed by atoms with E-state index in [-0.39, 0.29) is 24.2 Å². The number of likely N-dealkylation sites (tertiary alicyclic amines) is 1. The van der Waals surface area contributed by atoms with Crippen molar-refractivity contribution in [3.63, 3.8) is 0 Å². The van der Waals surface area contributed by atoms with Crippen LogP contribution in [-0.2, 0) is 17.9 Å². The van der Waals surface area contributed by atoms with Crippen LogP contribution in [0.15, 0.2) is 39.8 Å². The van der Waals surface area contributed by atoms with E-state index < -0.39 is 0 Å². The van der Waals surface area contributed by atoms with Gasteiger partial charge in [-0.1, -0.05) is 40.6 Å². The van der Waals surface area contributed by atoms with E-state index in [4.69, 9.17) is 4.63 Å². The number of rotatable bonds is 5. The van der Waals surface area contributed by atoms with E-state index in [1.807, 2.05) is 37.3 Å². The van der Waals surface area contributed by atoms with Gasteiger partial charge < -0.3 is 4.90 Å². The highest BCUT2D eigenvalue weighted by Crippen LogP contribution is 2.32. The summed E-state index contributed by atoms with van der Waals surface area (Å²) in [7, 11) is 0. The van der Waals surface area contributed by atoms with E-state index in [9.17, 15) is 9.59 Å². The molecule has 0 saturated carbocycles. The normalized spacial score (nSPS) is 16.6. The molecule has 9 nitrogen and oxygen atoms in total. The molecular weight excluding hydrogens is 360 g/mol. The Morgan fingerprint density at radius 1 is 1.21 bits per heavy atom. The van der Waals surface area contributed by atoms with Gasteiger partial charge in [-0.2, -0.15) is 5.10 Å². The average Bonchev–Trinajstić information content (AvgIpc) is 3.39. The molecule has 4 rings (SSSR count). The van der Waals surface area contributed by atoms with Crippen LogP contribution >= 0.6 is 0 Å². The Hall–Kier alpha value is -3.23. The van der Waals surface area contributed by atoms with Crippen LogP contribution in [0.25, 0.3) is 0 Å². The second kappa shape index (κ2) is 7.41. The van der Waals surface area contributed by atoms with Crippen LogP contribution in [0.2, 0.25) is 0 Å². The molecule has 3 heterocycles. The minimum Gasteiger partial charge on any atom is -0.332 e. The van der Waals surface area contributed by atoms with Crippen molar-refractivity contribution in [2.24, 2.45) is 0 Å². The molecular formula is C19H22N6O3. The Labute approximate surface area is 161 Å². The van der Waals surface area contributed by atoms with Crippen molar-refractivity contribution in [3.8, 4) is 0 Å². The van der Waals surface area contributed by atoms with Gasteiger partial charge in [-0.25, -0.2) is 14.1 Å². The predicted molar refractivity (Wildman–Crippen MR) is 99.5 cm³/mol. The van der Waals surface area contributed by atoms with Crippen LogP contribution in [0, 0.1) is 13.8 Å². The molecule has 3 aromatic rings. The Balaban J connectivity index is 1.53. The van der Waals surface area contributed by atoms with Gasteiger partial charge in [0.2, 0.25) is 5.91 Å². The van der Waals surface area contributed by atoms with Gasteiger partial charge >= 0.3 is 5.69 Å². The van der Waals surface area contributed by atoms with Crippen molar-refractivity contribution >= 4 is 5.91 Å². The molecule has 0 spiro atoms. The number of nitrogens with zero attached hydrogens (tertiary/aromatic N) is 6. The molecule has 146 valence electrons. The number of amides is 1. The third-order valence-electron chi connectivity index (χ3n) is 5.15. The number of aromatic nitrogens is 5. The lowest BCUT2D eigenvalue weighted by atomic mass is 10.1. The summed E-state index contributed by atoms with van der Waals surface area (Å²) in [6.45, 7) is 4.53. The molecule has 1 aromatic carbocycles. The fraction of sp³-hybridized carbons (Fsp3) is 0.421. The maximum atomic E-state index is 12.9. The van der Waals surface area contributed by atoms with Crippen molar-refractivity contribution < 1.29 is 9.42 Å². The topological polar surface area (TPSA) is 99.0 Å². The smallest absolute Gasteiger partial charge is 0.332 e. The minimum absolute atomic E-state index is 0.0949. The summed E-state index contributed by atoms with van der Waals surface area (Å²) in [5.41, 5.74) is 2.09. The van der Waals surface area contributed by atoms with E-state index in [1.165, 1.54) is 4.68 Å². The molecule has 0 bridgehead atoms. The summed E-state index contributed by atoms with van der Waals surface area (Å²) in [6, 6.07) is 9.53. The summed E-state index contributed by atoms with van der Waals surface area (Å²) in [6.07, 6.45) is 1.68. The lowest BCUT2D eigenvalue weighted by Crippen LogP contribution is -2.37. The molecule has 1 atom stereocenters. The Morgan fingerprint density at radius 2 is 2.00 bits per heavy atom. The van der Waals surface area contributed by atoms with Crippen LogP contribution in [0.5, 0.6) is 0 Å². The Bertz CT molecular complexity index is 1040. The van der Waals surface area contributed by atoms with Gasteiger partial charge in [0.1, 0.15) is 23.8 Å². The standard InChI is InChI=1S/C19H22N6O3/c1-13-18(22-28-21-13)16-9-6-10-23(16)17(26)12-25-19(27)24(14(2)20-25)11-15-7-4-3-5-8-15/h3-5,7-8,16H,6,9-12H2,1-2H3. The van der Waals surface area contributed by atoms with Crippen LogP contribution in [-0.4, -0.2) is 42.0 Å². The van der Waals surface area contributed by atoms with E-state index in [2.05, 4.69) is 15.4 Å². The predicted octanol–water partition coefficient (Wildman–Crippen LogP) is 1.46. The number of carbonyl (C=O) groups is 1. The lowest BCUT2D eigenvalue weighted by Gasteiger charge is -2.22. The molecule has 1 aliphatic rings. The SMILES string of the molecule is Cc1nonc1C1CCCN1C(=O)Cn1nc(C)n(Cc2ccccc2)c1=O. The molecule has 1 amide bonds. The number of aryl methyl sites for hydroxylation is 2. The van der Waals surface area contributed by atoms with Gasteiger partial charge in [0.15, 0.2) is 0 Å². The summed E-state index contributed by atoms with van der Waals surface area (Å²) in [5, 5.41) is 12.1. The van der Waals surface area contributed by atoms with Gasteiger partial charge in [-0.15, -0.1) is 0 Å². The first-order valence-electron chi connectivity index (χ1n) is 9.31. The van der Waals surface area contributed by atoms with Crippen LogP contribution in [0.3, 0.4) is 0 Å². The van der Waals surface area contributed by atoms with E-state index >= 15 is 0 Å². The zero-order valence-electron chi connectivity index (χ0n) is 15.9. The molecule has 0 radical (unpaired) electrons. The molecule has 1 unspecified atom stereocenters. The summed E-state index contributed by atoms with van der Waals surface area (Å²) in [4.78, 5) is 27.4. The highest BCUT2D eigenvalue weighted by atomic mass is 16.6. The highest BCUT2D eigenvalue weighted by Gasteiger charge is 2.34. The van der Waals surface area contributed by atoms with E-state index in [0.717, 1.165) is 18.4 Å². The Morgan fingerprint density at radius 3 is 2.71 bits per heavy atom. The highest BCUT2D eigenvalue weighted by molar-refractivity contribution is 5.76. The monoisotopic (exact) mass is 382 g/mol. The van der Waals surface area contributed by atoms with Crippen molar-refractivity contribution in [3.05, 3.63) is 63.6 Å². The molecule has 0 aliphatic carbocycles. The minimum atomic E-state index is -0.287. The van der Waals surface area contributed by atoms with Crippen molar-refractivity contribution in [1.82, 2.24) is 29.6 Å². The molecule has 9 heteroatoms. The molecule has 2 aromatic heterocycles. The van der Waals surface area contributed by atoms with E-state index in [1.54, 1.807) is 16.4 Å². The number of hydrogen-bond donors (Lipinski definition) is 0. The molecule has 0 N–H and O–H groups in total. The largest absolute Gasteiger partial charge is 0.346 e. The van der Waals surface area contributed by atoms with Crippen LogP contribution in [0.1, 0.15) is 41.7 Å². The van der Waals surface area contributed by atoms with Crippen LogP contribution in [0.4, 0.5) is 0 Å². The number of benzene rings is 1. The Kier molecular flexibility index (Phi) is 4.81. The fourth-order valence-corrected chi connectivity index (χ4v) is 3.71. The molecule has 1 fully saturated rings. The van der Waals surface area contributed by atoms with Crippen molar-refractivity contribution in [2.75, 3.05) is 6.54 Å². The third-order valence-corrected chi connectivity index (χ3v) is 5.15. The van der Waals surface area contributed by atoms with Crippen LogP contribution < -0.4 is 5.69 Å². The molecule has 1 saturated heterocycles. The van der Waals surface area contributed by atoms with Crippen molar-refractivity contribution in [1.29, 1.82) is 0 Å². The first-order valence-corrected chi connectivity index (χ1v) is 9.31. The quantitative estimate of drug-likeness (QED) is 0.662. The summed E-state index contributed by atoms with van der Waals surface area (Å²) in [5.74, 6) is 0.424. The van der Waals surface area contributed by atoms with Gasteiger partial charge in [-0.3, -0.25) is 9.36 Å². The summed E-state index contributed by atoms with van der Waals surface area (Å²) < 4.78 is 7.61. The first kappa shape index (κ1) is 18.1. The maximum Gasteiger partial charge on any atom is 0.346 e. The average molecular weight is 382 g/mol. The molecule has 1 aliphatic heterocycles. The second-order valence-corrected chi connectivity index (χ2v) is 7.04. The van der Waals surface area contributed by atoms with Gasteiger partial charge in [0, 0.05) is 6.54 Å². The zero-order valence-corrected chi connectivity index (χ0v) is 15.9. The third kappa shape index (κ3) is 3.35. The van der Waals surface area contributed by atoms with Gasteiger partial charge in [0.25, 0.3) is 0 Å². The van der Waals surface area contributed by atoms with Crippen molar-refractivity contribution in [2.45, 2.75) is 45.8 Å². The fourth-order valence-electron chi connectivity index (χ4n) is 3.71. The number of carbonyl (C=O) groups excluding carboxylic acids is 1. The lowest BCUT2D eigenvalue weighted by molar-refractivity contribution is -0.133. The first-order chi connectivity index (χ1) is 13.5. The maximum absolute atomic E-state index is 12.9. The molecule has 28 heavy (non-hydrogen) atoms. The van der Waals surface area contributed by atoms with Gasteiger partial charge in [-0.05, 0) is 32.3 Å². The van der Waals surface area contributed by atoms with Gasteiger partial charge in [0.05, 0.1) is 12.6 Å². The van der Waals surface area contributed by atoms with E-state index in [0.29, 0.717) is 30.3 Å². The second-order valence-electron chi connectivity index (χ2n) is 7.04. The zero-order chi connectivity index (χ0) is 19.7. The summed E-state index contributed by atoms with van der Waals surface area (Å²) >= 11 is 0.